The lowest BCUT2D eigenvalue weighted by atomic mass is 9.98. The van der Waals surface area contributed by atoms with Crippen molar-refractivity contribution in [1.29, 1.82) is 0 Å². The van der Waals surface area contributed by atoms with Crippen molar-refractivity contribution in [2.75, 3.05) is 6.61 Å². The van der Waals surface area contributed by atoms with Crippen molar-refractivity contribution in [3.63, 3.8) is 0 Å². The first-order valence-corrected chi connectivity index (χ1v) is 12.4. The normalized spacial score (nSPS) is 17.9. The summed E-state index contributed by atoms with van der Waals surface area (Å²) in [5.74, 6) is -0.392. The van der Waals surface area contributed by atoms with Gasteiger partial charge < -0.3 is 14.8 Å². The lowest BCUT2D eigenvalue weighted by molar-refractivity contribution is -0.153. The second-order valence-corrected chi connectivity index (χ2v) is 9.38. The van der Waals surface area contributed by atoms with Crippen molar-refractivity contribution in [1.82, 2.24) is 5.32 Å². The fourth-order valence-electron chi connectivity index (χ4n) is 5.03. The second kappa shape index (κ2) is 10.9. The Morgan fingerprint density at radius 3 is 2.09 bits per heavy atom. The highest BCUT2D eigenvalue weighted by Gasteiger charge is 2.32. The number of alkyl carbamates (subject to hydrolysis) is 1. The topological polar surface area (TPSA) is 64.6 Å². The molecule has 2 aliphatic rings. The SMILES string of the molecule is CC[C@H](C)[C@H](NC(=O)OCC1c2ccccc2-c2ccccc21)C(=O)OC1CCCCCC1. The summed E-state index contributed by atoms with van der Waals surface area (Å²) >= 11 is 0. The van der Waals surface area contributed by atoms with E-state index in [-0.39, 0.29) is 30.5 Å². The van der Waals surface area contributed by atoms with E-state index in [1.807, 2.05) is 38.1 Å². The number of carbonyl (C=O) groups excluding carboxylic acids is 2. The lowest BCUT2D eigenvalue weighted by Gasteiger charge is -2.25. The van der Waals surface area contributed by atoms with Crippen LogP contribution in [0, 0.1) is 5.92 Å². The van der Waals surface area contributed by atoms with E-state index in [1.54, 1.807) is 0 Å². The van der Waals surface area contributed by atoms with Gasteiger partial charge in [0, 0.05) is 5.92 Å². The van der Waals surface area contributed by atoms with Crippen molar-refractivity contribution in [3.8, 4) is 11.1 Å². The van der Waals surface area contributed by atoms with Crippen molar-refractivity contribution < 1.29 is 19.1 Å². The zero-order valence-corrected chi connectivity index (χ0v) is 19.7. The molecule has 0 aromatic heterocycles. The molecule has 0 spiro atoms. The first kappa shape index (κ1) is 23.3. The minimum atomic E-state index is -0.700. The summed E-state index contributed by atoms with van der Waals surface area (Å²) in [5, 5.41) is 2.81. The van der Waals surface area contributed by atoms with Crippen LogP contribution in [-0.2, 0) is 14.3 Å². The molecule has 0 radical (unpaired) electrons. The van der Waals surface area contributed by atoms with Gasteiger partial charge in [-0.25, -0.2) is 9.59 Å². The first-order chi connectivity index (χ1) is 16.1. The molecule has 1 amide bonds. The molecule has 1 N–H and O–H groups in total. The third-order valence-corrected chi connectivity index (χ3v) is 7.17. The Morgan fingerprint density at radius 2 is 1.52 bits per heavy atom. The molecule has 0 heterocycles. The summed E-state index contributed by atoms with van der Waals surface area (Å²) in [7, 11) is 0. The smallest absolute Gasteiger partial charge is 0.407 e. The molecule has 33 heavy (non-hydrogen) atoms. The number of rotatable bonds is 7. The van der Waals surface area contributed by atoms with Crippen LogP contribution in [0.15, 0.2) is 48.5 Å². The molecule has 2 atom stereocenters. The molecule has 5 nitrogen and oxygen atoms in total. The Kier molecular flexibility index (Phi) is 7.69. The van der Waals surface area contributed by atoms with Crippen LogP contribution in [-0.4, -0.2) is 30.8 Å². The fraction of sp³-hybridized carbons (Fsp3) is 0.500. The van der Waals surface area contributed by atoms with Gasteiger partial charge in [0.25, 0.3) is 0 Å². The average Bonchev–Trinajstić information content (AvgIpc) is 2.95. The summed E-state index contributed by atoms with van der Waals surface area (Å²) in [5.41, 5.74) is 4.70. The molecule has 0 aliphatic heterocycles. The third kappa shape index (κ3) is 5.40. The van der Waals surface area contributed by atoms with Crippen LogP contribution in [0.25, 0.3) is 11.1 Å². The average molecular weight is 450 g/mol. The molecule has 2 aromatic rings. The largest absolute Gasteiger partial charge is 0.461 e. The summed E-state index contributed by atoms with van der Waals surface area (Å²) in [6.45, 7) is 4.20. The number of fused-ring (bicyclic) bond motifs is 3. The predicted molar refractivity (Wildman–Crippen MR) is 129 cm³/mol. The summed E-state index contributed by atoms with van der Waals surface area (Å²) in [6, 6.07) is 15.8. The van der Waals surface area contributed by atoms with Gasteiger partial charge in [0.15, 0.2) is 0 Å². The monoisotopic (exact) mass is 449 g/mol. The van der Waals surface area contributed by atoms with E-state index in [0.717, 1.165) is 43.2 Å². The third-order valence-electron chi connectivity index (χ3n) is 7.17. The van der Waals surface area contributed by atoms with Crippen LogP contribution in [0.5, 0.6) is 0 Å². The van der Waals surface area contributed by atoms with Crippen molar-refractivity contribution in [2.45, 2.75) is 76.9 Å². The van der Waals surface area contributed by atoms with Crippen molar-refractivity contribution in [2.24, 2.45) is 5.92 Å². The molecular weight excluding hydrogens is 414 g/mol. The highest BCUT2D eigenvalue weighted by molar-refractivity contribution is 5.82. The molecule has 176 valence electrons. The maximum absolute atomic E-state index is 13.0. The van der Waals surface area contributed by atoms with Gasteiger partial charge in [-0.15, -0.1) is 0 Å². The van der Waals surface area contributed by atoms with E-state index >= 15 is 0 Å². The Balaban J connectivity index is 1.39. The van der Waals surface area contributed by atoms with E-state index in [2.05, 4.69) is 29.6 Å². The Hall–Kier alpha value is -2.82. The number of hydrogen-bond acceptors (Lipinski definition) is 4. The molecule has 2 aromatic carbocycles. The second-order valence-electron chi connectivity index (χ2n) is 9.38. The maximum Gasteiger partial charge on any atom is 0.407 e. The van der Waals surface area contributed by atoms with Crippen LogP contribution in [0.3, 0.4) is 0 Å². The molecule has 2 aliphatic carbocycles. The molecule has 0 unspecified atom stereocenters. The fourth-order valence-corrected chi connectivity index (χ4v) is 5.03. The molecule has 0 saturated heterocycles. The van der Waals surface area contributed by atoms with Crippen LogP contribution < -0.4 is 5.32 Å². The van der Waals surface area contributed by atoms with Gasteiger partial charge in [-0.3, -0.25) is 0 Å². The van der Waals surface area contributed by atoms with E-state index < -0.39 is 12.1 Å². The van der Waals surface area contributed by atoms with E-state index in [4.69, 9.17) is 9.47 Å². The zero-order chi connectivity index (χ0) is 23.2. The minimum absolute atomic E-state index is 0.0110. The highest BCUT2D eigenvalue weighted by atomic mass is 16.6. The number of carbonyl (C=O) groups is 2. The summed E-state index contributed by atoms with van der Waals surface area (Å²) in [4.78, 5) is 25.7. The van der Waals surface area contributed by atoms with Crippen LogP contribution in [0.4, 0.5) is 4.79 Å². The Labute approximate surface area is 196 Å². The van der Waals surface area contributed by atoms with Gasteiger partial charge >= 0.3 is 12.1 Å². The first-order valence-electron chi connectivity index (χ1n) is 12.4. The zero-order valence-electron chi connectivity index (χ0n) is 19.7. The molecule has 1 fully saturated rings. The van der Waals surface area contributed by atoms with E-state index in [1.165, 1.54) is 24.0 Å². The molecular formula is C28H35NO4. The highest BCUT2D eigenvalue weighted by Crippen LogP contribution is 2.44. The van der Waals surface area contributed by atoms with Crippen molar-refractivity contribution in [3.05, 3.63) is 59.7 Å². The minimum Gasteiger partial charge on any atom is -0.461 e. The lowest BCUT2D eigenvalue weighted by Crippen LogP contribution is -2.47. The van der Waals surface area contributed by atoms with Gasteiger partial charge in [0.05, 0.1) is 0 Å². The molecule has 5 heteroatoms. The summed E-state index contributed by atoms with van der Waals surface area (Å²) < 4.78 is 11.5. The van der Waals surface area contributed by atoms with Gasteiger partial charge in [0.2, 0.25) is 0 Å². The number of nitrogens with one attached hydrogen (secondary N) is 1. The van der Waals surface area contributed by atoms with Crippen molar-refractivity contribution >= 4 is 12.1 Å². The Morgan fingerprint density at radius 1 is 0.939 bits per heavy atom. The number of ether oxygens (including phenoxy) is 2. The van der Waals surface area contributed by atoms with Gasteiger partial charge in [-0.05, 0) is 53.9 Å². The molecule has 4 rings (SSSR count). The molecule has 0 bridgehead atoms. The van der Waals surface area contributed by atoms with Crippen LogP contribution in [0.2, 0.25) is 0 Å². The summed E-state index contributed by atoms with van der Waals surface area (Å²) in [6.07, 6.45) is 6.53. The standard InChI is InChI=1S/C28H35NO4/c1-3-19(2)26(27(30)33-20-12-6-4-5-7-13-20)29-28(31)32-18-25-23-16-10-8-14-21(23)22-15-9-11-17-24(22)25/h8-11,14-17,19-20,25-26H,3-7,12-13,18H2,1-2H3,(H,29,31)/t19-,26-/m0/s1. The quantitative estimate of drug-likeness (QED) is 0.403. The maximum atomic E-state index is 13.0. The van der Waals surface area contributed by atoms with Crippen LogP contribution in [0.1, 0.15) is 75.8 Å². The van der Waals surface area contributed by atoms with Gasteiger partial charge in [-0.1, -0.05) is 81.6 Å². The number of amides is 1. The number of hydrogen-bond donors (Lipinski definition) is 1. The predicted octanol–water partition coefficient (Wildman–Crippen LogP) is 6.21. The van der Waals surface area contributed by atoms with Gasteiger partial charge in [0.1, 0.15) is 18.8 Å². The van der Waals surface area contributed by atoms with E-state index in [0.29, 0.717) is 0 Å². The van der Waals surface area contributed by atoms with Gasteiger partial charge in [-0.2, -0.15) is 0 Å². The Bertz CT molecular complexity index is 918. The van der Waals surface area contributed by atoms with Crippen LogP contribution >= 0.6 is 0 Å². The van der Waals surface area contributed by atoms with E-state index in [9.17, 15) is 9.59 Å². The number of esters is 1. The number of benzene rings is 2. The molecule has 1 saturated carbocycles.